The average Bonchev–Trinajstić information content (AvgIpc) is 2.86. The van der Waals surface area contributed by atoms with E-state index in [0.717, 1.165) is 19.4 Å². The molecule has 7 nitrogen and oxygen atoms in total. The van der Waals surface area contributed by atoms with E-state index >= 15 is 0 Å². The molecule has 0 bridgehead atoms. The number of aromatic hydroxyl groups is 1. The van der Waals surface area contributed by atoms with Crippen molar-refractivity contribution in [3.05, 3.63) is 70.4 Å². The van der Waals surface area contributed by atoms with Crippen molar-refractivity contribution >= 4 is 40.0 Å². The maximum atomic E-state index is 12.3. The van der Waals surface area contributed by atoms with Crippen molar-refractivity contribution in [1.29, 1.82) is 0 Å². The first-order chi connectivity index (χ1) is 17.9. The van der Waals surface area contributed by atoms with Crippen LogP contribution in [0.3, 0.4) is 0 Å². The molecule has 37 heavy (non-hydrogen) atoms. The van der Waals surface area contributed by atoms with E-state index in [0.29, 0.717) is 44.2 Å². The largest absolute Gasteiger partial charge is 0.508 e. The third-order valence-electron chi connectivity index (χ3n) is 6.27. The Morgan fingerprint density at radius 3 is 2.49 bits per heavy atom. The molecule has 0 unspecified atom stereocenters. The minimum atomic E-state index is -1.11. The van der Waals surface area contributed by atoms with E-state index in [2.05, 4.69) is 17.6 Å². The monoisotopic (exact) mass is 518 g/mol. The number of nitrogens with one attached hydrogen (secondary N) is 2. The molecule has 0 fully saturated rings. The van der Waals surface area contributed by atoms with Crippen LogP contribution in [0.4, 0.5) is 5.69 Å². The second-order valence-corrected chi connectivity index (χ2v) is 9.44. The van der Waals surface area contributed by atoms with Crippen molar-refractivity contribution in [1.82, 2.24) is 5.32 Å². The van der Waals surface area contributed by atoms with Crippen LogP contribution in [0.15, 0.2) is 63.8 Å². The van der Waals surface area contributed by atoms with Gasteiger partial charge in [-0.2, -0.15) is 0 Å². The third kappa shape index (κ3) is 6.27. The zero-order valence-electron chi connectivity index (χ0n) is 20.7. The van der Waals surface area contributed by atoms with E-state index in [-0.39, 0.29) is 16.7 Å². The topological polar surface area (TPSA) is 112 Å². The smallest absolute Gasteiger partial charge is 0.336 e. The van der Waals surface area contributed by atoms with E-state index in [9.17, 15) is 19.8 Å². The SMILES string of the molecule is CCCCCCCCNC(=S)Nc1ccc(-c2c3ccc(=O)cc-3oc3cc(O)ccc23)c(C(=O)O)c1. The van der Waals surface area contributed by atoms with Gasteiger partial charge in [-0.05, 0) is 60.6 Å². The van der Waals surface area contributed by atoms with Crippen molar-refractivity contribution in [2.45, 2.75) is 45.4 Å². The van der Waals surface area contributed by atoms with Crippen molar-refractivity contribution in [2.24, 2.45) is 0 Å². The van der Waals surface area contributed by atoms with Gasteiger partial charge in [0.25, 0.3) is 0 Å². The summed E-state index contributed by atoms with van der Waals surface area (Å²) in [5, 5.41) is 27.4. The van der Waals surface area contributed by atoms with Gasteiger partial charge >= 0.3 is 5.97 Å². The van der Waals surface area contributed by atoms with Crippen molar-refractivity contribution in [2.75, 3.05) is 11.9 Å². The fraction of sp³-hybridized carbons (Fsp3) is 0.276. The number of hydrogen-bond acceptors (Lipinski definition) is 5. The summed E-state index contributed by atoms with van der Waals surface area (Å²) in [4.78, 5) is 24.3. The molecule has 2 aromatic carbocycles. The number of benzene rings is 3. The average molecular weight is 519 g/mol. The van der Waals surface area contributed by atoms with Crippen LogP contribution in [-0.4, -0.2) is 27.8 Å². The van der Waals surface area contributed by atoms with Crippen LogP contribution in [0, 0.1) is 0 Å². The van der Waals surface area contributed by atoms with Gasteiger partial charge in [0.05, 0.1) is 5.56 Å². The Bertz CT molecular complexity index is 1460. The summed E-state index contributed by atoms with van der Waals surface area (Å²) in [5.41, 5.74) is 2.38. The summed E-state index contributed by atoms with van der Waals surface area (Å²) in [5.74, 6) is -0.801. The van der Waals surface area contributed by atoms with Gasteiger partial charge in [-0.25, -0.2) is 4.79 Å². The highest BCUT2D eigenvalue weighted by atomic mass is 32.1. The maximum absolute atomic E-state index is 12.3. The molecule has 192 valence electrons. The highest BCUT2D eigenvalue weighted by Crippen LogP contribution is 2.42. The number of phenols is 1. The lowest BCUT2D eigenvalue weighted by Gasteiger charge is -2.18. The first kappa shape index (κ1) is 26.2. The lowest BCUT2D eigenvalue weighted by Crippen LogP contribution is -2.29. The van der Waals surface area contributed by atoms with Crippen LogP contribution in [0.2, 0.25) is 0 Å². The normalized spacial score (nSPS) is 11.1. The Morgan fingerprint density at radius 1 is 0.946 bits per heavy atom. The number of carboxylic acid groups (broad SMARTS) is 1. The van der Waals surface area contributed by atoms with E-state index in [1.807, 2.05) is 0 Å². The lowest BCUT2D eigenvalue weighted by atomic mass is 9.90. The van der Waals surface area contributed by atoms with Crippen LogP contribution >= 0.6 is 12.2 Å². The van der Waals surface area contributed by atoms with Gasteiger partial charge in [-0.3, -0.25) is 4.79 Å². The summed E-state index contributed by atoms with van der Waals surface area (Å²) >= 11 is 5.41. The summed E-state index contributed by atoms with van der Waals surface area (Å²) < 4.78 is 5.88. The number of rotatable bonds is 10. The Morgan fingerprint density at radius 2 is 1.70 bits per heavy atom. The van der Waals surface area contributed by atoms with Crippen molar-refractivity contribution < 1.29 is 19.4 Å². The molecule has 0 saturated carbocycles. The molecule has 4 rings (SSSR count). The Balaban J connectivity index is 1.63. The molecule has 2 aliphatic rings. The number of anilines is 1. The number of carboxylic acids is 1. The van der Waals surface area contributed by atoms with Gasteiger partial charge < -0.3 is 25.3 Å². The van der Waals surface area contributed by atoms with E-state index < -0.39 is 5.97 Å². The zero-order chi connectivity index (χ0) is 26.4. The minimum absolute atomic E-state index is 0.000180. The first-order valence-electron chi connectivity index (χ1n) is 12.5. The third-order valence-corrected chi connectivity index (χ3v) is 6.52. The van der Waals surface area contributed by atoms with Gasteiger partial charge in [0.2, 0.25) is 0 Å². The van der Waals surface area contributed by atoms with Gasteiger partial charge in [-0.1, -0.05) is 45.1 Å². The molecule has 2 aromatic rings. The van der Waals surface area contributed by atoms with Gasteiger partial charge in [0.1, 0.15) is 17.1 Å². The number of hydrogen-bond donors (Lipinski definition) is 4. The molecule has 0 amide bonds. The van der Waals surface area contributed by atoms with Gasteiger partial charge in [0.15, 0.2) is 10.5 Å². The van der Waals surface area contributed by atoms with Crippen LogP contribution in [-0.2, 0) is 0 Å². The highest BCUT2D eigenvalue weighted by molar-refractivity contribution is 7.80. The molecule has 0 spiro atoms. The zero-order valence-corrected chi connectivity index (χ0v) is 21.5. The molecule has 0 radical (unpaired) electrons. The molecule has 4 N–H and O–H groups in total. The summed E-state index contributed by atoms with van der Waals surface area (Å²) in [6.45, 7) is 2.95. The summed E-state index contributed by atoms with van der Waals surface area (Å²) in [7, 11) is 0. The molecule has 1 aliphatic carbocycles. The molecular formula is C29H30N2O5S. The van der Waals surface area contributed by atoms with Crippen LogP contribution in [0.5, 0.6) is 5.75 Å². The molecule has 8 heteroatoms. The molecule has 0 aromatic heterocycles. The minimum Gasteiger partial charge on any atom is -0.508 e. The number of unbranched alkanes of at least 4 members (excludes halogenated alkanes) is 5. The molecule has 0 atom stereocenters. The molecule has 1 heterocycles. The first-order valence-corrected chi connectivity index (χ1v) is 12.9. The number of thiocarbonyl (C=S) groups is 1. The number of carbonyl (C=O) groups is 1. The van der Waals surface area contributed by atoms with Crippen LogP contribution in [0.1, 0.15) is 55.8 Å². The molecular weight excluding hydrogens is 488 g/mol. The lowest BCUT2D eigenvalue weighted by molar-refractivity contribution is 0.0697. The van der Waals surface area contributed by atoms with E-state index in [1.165, 1.54) is 49.9 Å². The summed E-state index contributed by atoms with van der Waals surface area (Å²) in [6.07, 6.45) is 7.11. The second kappa shape index (κ2) is 11.9. The summed E-state index contributed by atoms with van der Waals surface area (Å²) in [6, 6.07) is 14.1. The highest BCUT2D eigenvalue weighted by Gasteiger charge is 2.22. The standard InChI is InChI=1S/C29H30N2O5S/c1-2-3-4-5-6-7-14-30-29(37)31-18-8-11-21(24(15-18)28(34)35)27-22-12-9-19(32)16-25(22)36-26-17-20(33)10-13-23(26)27/h8-13,15-17,32H,2-7,14H2,1H3,(H,34,35)(H2,30,31,37). The van der Waals surface area contributed by atoms with E-state index in [4.69, 9.17) is 16.6 Å². The van der Waals surface area contributed by atoms with Gasteiger partial charge in [0, 0.05) is 40.9 Å². The predicted octanol–water partition coefficient (Wildman–Crippen LogP) is 6.62. The quantitative estimate of drug-likeness (QED) is 0.105. The number of aromatic carboxylic acids is 1. The molecule has 1 aliphatic heterocycles. The van der Waals surface area contributed by atoms with Crippen LogP contribution < -0.4 is 16.1 Å². The fourth-order valence-electron chi connectivity index (χ4n) is 4.45. The van der Waals surface area contributed by atoms with E-state index in [1.54, 1.807) is 30.3 Å². The van der Waals surface area contributed by atoms with Crippen molar-refractivity contribution in [3.63, 3.8) is 0 Å². The predicted molar refractivity (Wildman–Crippen MR) is 151 cm³/mol. The Kier molecular flexibility index (Phi) is 8.40. The Labute approximate surface area is 220 Å². The van der Waals surface area contributed by atoms with Gasteiger partial charge in [-0.15, -0.1) is 0 Å². The van der Waals surface area contributed by atoms with Crippen LogP contribution in [0.25, 0.3) is 33.4 Å². The number of phenolic OH excluding ortho intramolecular Hbond substituents is 1. The second-order valence-electron chi connectivity index (χ2n) is 9.03. The molecule has 0 saturated heterocycles. The number of fused-ring (bicyclic) bond motifs is 2. The maximum Gasteiger partial charge on any atom is 0.336 e. The van der Waals surface area contributed by atoms with Crippen molar-refractivity contribution in [3.8, 4) is 28.2 Å². The Hall–Kier alpha value is -3.91. The fourth-order valence-corrected chi connectivity index (χ4v) is 4.67.